The number of fused-ring (bicyclic) bond motifs is 1. The predicted octanol–water partition coefficient (Wildman–Crippen LogP) is 3.36. The van der Waals surface area contributed by atoms with Gasteiger partial charge in [0.25, 0.3) is 6.43 Å². The highest BCUT2D eigenvalue weighted by molar-refractivity contribution is 5.93. The van der Waals surface area contributed by atoms with E-state index in [4.69, 9.17) is 4.74 Å². The number of imidazole rings is 1. The molecule has 0 saturated heterocycles. The smallest absolute Gasteiger partial charge is 0.339 e. The van der Waals surface area contributed by atoms with Crippen LogP contribution in [0.3, 0.4) is 0 Å². The fourth-order valence-electron chi connectivity index (χ4n) is 2.83. The van der Waals surface area contributed by atoms with Crippen LogP contribution in [0.25, 0.3) is 0 Å². The monoisotopic (exact) mass is 292 g/mol. The molecule has 0 aliphatic carbocycles. The van der Waals surface area contributed by atoms with Crippen molar-refractivity contribution >= 4 is 5.97 Å². The van der Waals surface area contributed by atoms with E-state index in [2.05, 4.69) is 4.98 Å². The minimum Gasteiger partial charge on any atom is -0.453 e. The Labute approximate surface area is 120 Å². The SMILES string of the molecule is CC1(C)OC(=O)c2ccccc2C1n1cncc1C(F)F. The second-order valence-corrected chi connectivity index (χ2v) is 5.51. The van der Waals surface area contributed by atoms with E-state index in [1.807, 2.05) is 0 Å². The molecule has 21 heavy (non-hydrogen) atoms. The summed E-state index contributed by atoms with van der Waals surface area (Å²) in [7, 11) is 0. The van der Waals surface area contributed by atoms with Crippen LogP contribution in [0.2, 0.25) is 0 Å². The van der Waals surface area contributed by atoms with E-state index in [0.29, 0.717) is 11.1 Å². The maximum Gasteiger partial charge on any atom is 0.339 e. The molecule has 0 spiro atoms. The summed E-state index contributed by atoms with van der Waals surface area (Å²) in [5.41, 5.74) is -0.0781. The molecule has 0 bridgehead atoms. The second kappa shape index (κ2) is 4.65. The number of alkyl halides is 2. The Kier molecular flexibility index (Phi) is 3.04. The van der Waals surface area contributed by atoms with Crippen molar-refractivity contribution in [2.24, 2.45) is 0 Å². The van der Waals surface area contributed by atoms with Crippen molar-refractivity contribution in [2.45, 2.75) is 31.9 Å². The highest BCUT2D eigenvalue weighted by Crippen LogP contribution is 2.41. The third-order valence-corrected chi connectivity index (χ3v) is 3.69. The molecule has 1 aromatic carbocycles. The van der Waals surface area contributed by atoms with E-state index in [0.717, 1.165) is 6.20 Å². The van der Waals surface area contributed by atoms with Crippen molar-refractivity contribution in [3.05, 3.63) is 53.6 Å². The molecule has 4 nitrogen and oxygen atoms in total. The Morgan fingerprint density at radius 2 is 2.05 bits per heavy atom. The first-order valence-electron chi connectivity index (χ1n) is 6.54. The number of rotatable bonds is 2. The average Bonchev–Trinajstić information content (AvgIpc) is 2.87. The molecule has 1 aliphatic heterocycles. The van der Waals surface area contributed by atoms with Gasteiger partial charge in [-0.2, -0.15) is 0 Å². The van der Waals surface area contributed by atoms with Crippen molar-refractivity contribution in [1.82, 2.24) is 9.55 Å². The number of ether oxygens (including phenoxy) is 1. The van der Waals surface area contributed by atoms with Gasteiger partial charge >= 0.3 is 5.97 Å². The molecular formula is C15H14F2N2O2. The number of esters is 1. The van der Waals surface area contributed by atoms with Gasteiger partial charge in [-0.15, -0.1) is 0 Å². The molecule has 0 saturated carbocycles. The lowest BCUT2D eigenvalue weighted by atomic mass is 9.85. The van der Waals surface area contributed by atoms with E-state index < -0.39 is 24.0 Å². The van der Waals surface area contributed by atoms with Gasteiger partial charge in [0.15, 0.2) is 0 Å². The first kappa shape index (κ1) is 13.7. The van der Waals surface area contributed by atoms with Crippen LogP contribution in [0.15, 0.2) is 36.8 Å². The van der Waals surface area contributed by atoms with Gasteiger partial charge in [0.05, 0.1) is 18.1 Å². The van der Waals surface area contributed by atoms with Gasteiger partial charge in [0.2, 0.25) is 0 Å². The fraction of sp³-hybridized carbons (Fsp3) is 0.333. The number of hydrogen-bond donors (Lipinski definition) is 0. The van der Waals surface area contributed by atoms with Gasteiger partial charge in [-0.25, -0.2) is 18.6 Å². The third kappa shape index (κ3) is 2.11. The Balaban J connectivity index is 2.22. The quantitative estimate of drug-likeness (QED) is 0.797. The van der Waals surface area contributed by atoms with Crippen LogP contribution >= 0.6 is 0 Å². The van der Waals surface area contributed by atoms with Crippen LogP contribution in [0, 0.1) is 0 Å². The summed E-state index contributed by atoms with van der Waals surface area (Å²) in [6.45, 7) is 3.42. The number of cyclic esters (lactones) is 1. The van der Waals surface area contributed by atoms with Gasteiger partial charge in [-0.3, -0.25) is 0 Å². The highest BCUT2D eigenvalue weighted by Gasteiger charge is 2.43. The van der Waals surface area contributed by atoms with Crippen molar-refractivity contribution < 1.29 is 18.3 Å². The Morgan fingerprint density at radius 1 is 1.33 bits per heavy atom. The summed E-state index contributed by atoms with van der Waals surface area (Å²) in [6.07, 6.45) is -0.156. The summed E-state index contributed by atoms with van der Waals surface area (Å²) in [5.74, 6) is -0.439. The van der Waals surface area contributed by atoms with Gasteiger partial charge < -0.3 is 9.30 Å². The first-order chi connectivity index (χ1) is 9.92. The normalized spacial score (nSPS) is 20.2. The molecule has 6 heteroatoms. The topological polar surface area (TPSA) is 44.1 Å². The van der Waals surface area contributed by atoms with Crippen LogP contribution in [-0.2, 0) is 4.74 Å². The third-order valence-electron chi connectivity index (χ3n) is 3.69. The van der Waals surface area contributed by atoms with Crippen molar-refractivity contribution in [3.8, 4) is 0 Å². The fourth-order valence-corrected chi connectivity index (χ4v) is 2.83. The van der Waals surface area contributed by atoms with Crippen LogP contribution in [0.4, 0.5) is 8.78 Å². The zero-order valence-electron chi connectivity index (χ0n) is 11.6. The van der Waals surface area contributed by atoms with Crippen LogP contribution in [0.1, 0.15) is 47.9 Å². The van der Waals surface area contributed by atoms with Crippen LogP contribution < -0.4 is 0 Å². The van der Waals surface area contributed by atoms with Crippen LogP contribution in [0.5, 0.6) is 0 Å². The predicted molar refractivity (Wildman–Crippen MR) is 71.3 cm³/mol. The van der Waals surface area contributed by atoms with Gasteiger partial charge in [-0.1, -0.05) is 18.2 Å². The molecule has 3 rings (SSSR count). The number of carbonyl (C=O) groups is 1. The lowest BCUT2D eigenvalue weighted by Crippen LogP contribution is -2.44. The molecule has 1 atom stereocenters. The largest absolute Gasteiger partial charge is 0.453 e. The summed E-state index contributed by atoms with van der Waals surface area (Å²) in [4.78, 5) is 15.9. The Morgan fingerprint density at radius 3 is 2.76 bits per heavy atom. The van der Waals surface area contributed by atoms with Crippen molar-refractivity contribution in [1.29, 1.82) is 0 Å². The van der Waals surface area contributed by atoms with E-state index in [1.165, 1.54) is 10.9 Å². The molecule has 2 heterocycles. The molecule has 0 radical (unpaired) electrons. The number of carbonyl (C=O) groups excluding carboxylic acids is 1. The lowest BCUT2D eigenvalue weighted by Gasteiger charge is -2.40. The number of nitrogens with zero attached hydrogens (tertiary/aromatic N) is 2. The Hall–Kier alpha value is -2.24. The molecule has 2 aromatic rings. The van der Waals surface area contributed by atoms with Gasteiger partial charge in [0.1, 0.15) is 17.3 Å². The number of hydrogen-bond acceptors (Lipinski definition) is 3. The molecule has 1 aromatic heterocycles. The zero-order valence-corrected chi connectivity index (χ0v) is 11.6. The summed E-state index contributed by atoms with van der Waals surface area (Å²) < 4.78 is 33.1. The number of halogens is 2. The minimum absolute atomic E-state index is 0.194. The number of benzene rings is 1. The molecule has 0 fully saturated rings. The number of aromatic nitrogens is 2. The molecular weight excluding hydrogens is 278 g/mol. The second-order valence-electron chi connectivity index (χ2n) is 5.51. The highest BCUT2D eigenvalue weighted by atomic mass is 19.3. The molecule has 110 valence electrons. The van der Waals surface area contributed by atoms with Crippen molar-refractivity contribution in [2.75, 3.05) is 0 Å². The molecule has 1 aliphatic rings. The van der Waals surface area contributed by atoms with Gasteiger partial charge in [-0.05, 0) is 25.5 Å². The van der Waals surface area contributed by atoms with E-state index in [1.54, 1.807) is 38.1 Å². The molecule has 0 amide bonds. The van der Waals surface area contributed by atoms with E-state index >= 15 is 0 Å². The zero-order chi connectivity index (χ0) is 15.2. The molecule has 1 unspecified atom stereocenters. The maximum atomic E-state index is 13.2. The first-order valence-corrected chi connectivity index (χ1v) is 6.54. The minimum atomic E-state index is -2.65. The van der Waals surface area contributed by atoms with Crippen molar-refractivity contribution in [3.63, 3.8) is 0 Å². The van der Waals surface area contributed by atoms with E-state index in [9.17, 15) is 13.6 Å². The Bertz CT molecular complexity index is 694. The summed E-state index contributed by atoms with van der Waals surface area (Å²) in [6, 6.07) is 6.35. The van der Waals surface area contributed by atoms with Crippen LogP contribution in [-0.4, -0.2) is 21.1 Å². The molecule has 0 N–H and O–H groups in total. The average molecular weight is 292 g/mol. The summed E-state index contributed by atoms with van der Waals surface area (Å²) in [5, 5.41) is 0. The van der Waals surface area contributed by atoms with Gasteiger partial charge in [0, 0.05) is 0 Å². The summed E-state index contributed by atoms with van der Waals surface area (Å²) >= 11 is 0. The lowest BCUT2D eigenvalue weighted by molar-refractivity contribution is -0.0277. The maximum absolute atomic E-state index is 13.2. The van der Waals surface area contributed by atoms with E-state index in [-0.39, 0.29) is 5.69 Å². The standard InChI is InChI=1S/C15H14F2N2O2/c1-15(2)12(19-8-18-7-11(19)13(16)17)9-5-3-4-6-10(9)14(20)21-15/h3-8,12-13H,1-2H3.